The summed E-state index contributed by atoms with van der Waals surface area (Å²) in [5.41, 5.74) is -0.379. The number of hydrogen-bond acceptors (Lipinski definition) is 7. The van der Waals surface area contributed by atoms with Gasteiger partial charge in [0.05, 0.1) is 11.2 Å². The maximum absolute atomic E-state index is 12.3. The third-order valence-electron chi connectivity index (χ3n) is 5.92. The first-order chi connectivity index (χ1) is 15.9. The van der Waals surface area contributed by atoms with Gasteiger partial charge in [0.1, 0.15) is 23.7 Å². The van der Waals surface area contributed by atoms with E-state index >= 15 is 0 Å². The number of amides is 1. The molecule has 0 unspecified atom stereocenters. The van der Waals surface area contributed by atoms with E-state index in [0.29, 0.717) is 5.47 Å². The zero-order chi connectivity index (χ0) is 25.1. The molecule has 180 valence electrons. The Morgan fingerprint density at radius 1 is 1.03 bits per heavy atom. The minimum Gasteiger partial charge on any atom is -0.507 e. The largest absolute Gasteiger partial charge is 0.507 e. The summed E-state index contributed by atoms with van der Waals surface area (Å²) >= 11 is 0. The van der Waals surface area contributed by atoms with E-state index in [1.54, 1.807) is 0 Å². The number of rotatable bonds is 7. The lowest BCUT2D eigenvalue weighted by atomic mass is 9.76. The lowest BCUT2D eigenvalue weighted by Crippen LogP contribution is -2.41. The molecule has 0 saturated carbocycles. The number of carboxylic acids is 1. The van der Waals surface area contributed by atoms with Crippen LogP contribution in [0.4, 0.5) is 4.79 Å². The van der Waals surface area contributed by atoms with E-state index in [9.17, 15) is 24.9 Å². The first kappa shape index (κ1) is 25.1. The Kier molecular flexibility index (Phi) is 7.23. The van der Waals surface area contributed by atoms with Crippen molar-refractivity contribution < 1.29 is 39.0 Å². The molecule has 3 rings (SSSR count). The highest BCUT2D eigenvalue weighted by atomic mass is 16.7. The number of hydrogen-bond donors (Lipinski definition) is 4. The number of phenols is 2. The summed E-state index contributed by atoms with van der Waals surface area (Å²) in [6.07, 6.45) is 0.785. The Bertz CT molecular complexity index is 1080. The highest BCUT2D eigenvalue weighted by Crippen LogP contribution is 2.39. The maximum atomic E-state index is 12.3. The first-order valence-electron chi connectivity index (χ1n) is 10.7. The van der Waals surface area contributed by atoms with Crippen LogP contribution < -0.4 is 5.32 Å². The first-order valence-corrected chi connectivity index (χ1v) is 10.7. The van der Waals surface area contributed by atoms with Gasteiger partial charge in [0.15, 0.2) is 0 Å². The van der Waals surface area contributed by atoms with Gasteiger partial charge in [0, 0.05) is 18.2 Å². The highest BCUT2D eigenvalue weighted by Gasteiger charge is 2.52. The van der Waals surface area contributed by atoms with E-state index in [1.807, 2.05) is 58.0 Å². The van der Waals surface area contributed by atoms with Crippen LogP contribution in [0.15, 0.2) is 47.9 Å². The monoisotopic (exact) mass is 469 g/mol. The molecule has 0 bridgehead atoms. The van der Waals surface area contributed by atoms with E-state index in [0.717, 1.165) is 17.7 Å². The predicted molar refractivity (Wildman–Crippen MR) is 125 cm³/mol. The molecular weight excluding hydrogens is 441 g/mol. The van der Waals surface area contributed by atoms with Crippen molar-refractivity contribution in [3.63, 3.8) is 0 Å². The summed E-state index contributed by atoms with van der Waals surface area (Å²) in [6, 6.07) is 11.3. The molecular formula is C24H28BNO8. The molecule has 1 heterocycles. The van der Waals surface area contributed by atoms with E-state index in [-0.39, 0.29) is 30.0 Å². The standard InChI is InChI=1S/C24H28BNO8/c1-23(2)24(3,4)34-25(33-23)17(10-16-11-18(21(29)30)20(28)12-19(16)27)13-26-22(31)32-14-15-8-6-5-7-9-15/h5-12,27-28H,13-14H2,1-4H3,(H,26,31)(H,29,30). The average Bonchev–Trinajstić information content (AvgIpc) is 2.98. The van der Waals surface area contributed by atoms with Crippen molar-refractivity contribution >= 4 is 25.3 Å². The highest BCUT2D eigenvalue weighted by molar-refractivity contribution is 6.56. The number of nitrogens with one attached hydrogen (secondary N) is 1. The number of alkyl carbamates (subject to hydrolysis) is 1. The smallest absolute Gasteiger partial charge is 0.492 e. The number of phenolic OH excluding ortho intramolecular Hbond substituents is 1. The molecule has 0 aliphatic carbocycles. The second kappa shape index (κ2) is 9.78. The minimum absolute atomic E-state index is 0.0623. The van der Waals surface area contributed by atoms with Crippen LogP contribution in [0.5, 0.6) is 11.5 Å². The van der Waals surface area contributed by atoms with Crippen molar-refractivity contribution in [1.29, 1.82) is 0 Å². The second-order valence-corrected chi connectivity index (χ2v) is 8.96. The molecule has 2 aromatic carbocycles. The van der Waals surface area contributed by atoms with Gasteiger partial charge in [-0.3, -0.25) is 0 Å². The Balaban J connectivity index is 1.84. The van der Waals surface area contributed by atoms with Crippen molar-refractivity contribution in [2.75, 3.05) is 6.54 Å². The van der Waals surface area contributed by atoms with E-state index in [2.05, 4.69) is 5.32 Å². The molecule has 10 heteroatoms. The van der Waals surface area contributed by atoms with Crippen LogP contribution >= 0.6 is 0 Å². The molecule has 0 radical (unpaired) electrons. The summed E-state index contributed by atoms with van der Waals surface area (Å²) in [6.45, 7) is 7.50. The summed E-state index contributed by atoms with van der Waals surface area (Å²) in [5.74, 6) is -2.27. The normalized spacial score (nSPS) is 16.8. The maximum Gasteiger partial charge on any atom is 0.492 e. The molecule has 2 aromatic rings. The van der Waals surface area contributed by atoms with Crippen molar-refractivity contribution in [1.82, 2.24) is 5.32 Å². The van der Waals surface area contributed by atoms with Crippen LogP contribution in [0.2, 0.25) is 0 Å². The molecule has 0 aromatic heterocycles. The summed E-state index contributed by atoms with van der Waals surface area (Å²) < 4.78 is 17.4. The third kappa shape index (κ3) is 5.70. The summed E-state index contributed by atoms with van der Waals surface area (Å²) in [7, 11) is -0.888. The van der Waals surface area contributed by atoms with Gasteiger partial charge in [-0.25, -0.2) is 9.59 Å². The van der Waals surface area contributed by atoms with Crippen LogP contribution in [0.1, 0.15) is 49.2 Å². The number of aromatic hydroxyl groups is 2. The van der Waals surface area contributed by atoms with E-state index in [4.69, 9.17) is 14.0 Å². The minimum atomic E-state index is -1.35. The predicted octanol–water partition coefficient (Wildman–Crippen LogP) is 3.74. The van der Waals surface area contributed by atoms with Gasteiger partial charge in [-0.15, -0.1) is 0 Å². The topological polar surface area (TPSA) is 135 Å². The SMILES string of the molecule is CC1(C)OB(C(=Cc2cc(C(=O)O)c(O)cc2O)CNC(=O)OCc2ccccc2)OC1(C)C. The zero-order valence-electron chi connectivity index (χ0n) is 19.5. The van der Waals surface area contributed by atoms with Crippen LogP contribution in [-0.2, 0) is 20.7 Å². The quantitative estimate of drug-likeness (QED) is 0.451. The number of aromatic carboxylic acids is 1. The molecule has 34 heavy (non-hydrogen) atoms. The Morgan fingerprint density at radius 2 is 1.65 bits per heavy atom. The molecule has 0 spiro atoms. The van der Waals surface area contributed by atoms with E-state index < -0.39 is 36.1 Å². The lowest BCUT2D eigenvalue weighted by Gasteiger charge is -2.32. The molecule has 4 N–H and O–H groups in total. The third-order valence-corrected chi connectivity index (χ3v) is 5.92. The lowest BCUT2D eigenvalue weighted by molar-refractivity contribution is 0.00578. The summed E-state index contributed by atoms with van der Waals surface area (Å²) in [4.78, 5) is 23.7. The number of benzene rings is 2. The van der Waals surface area contributed by atoms with Crippen LogP contribution in [0.3, 0.4) is 0 Å². The second-order valence-electron chi connectivity index (χ2n) is 8.96. The number of ether oxygens (including phenoxy) is 1. The van der Waals surface area contributed by atoms with Crippen molar-refractivity contribution in [3.05, 3.63) is 64.6 Å². The van der Waals surface area contributed by atoms with Gasteiger partial charge in [0.2, 0.25) is 0 Å². The Morgan fingerprint density at radius 3 is 2.24 bits per heavy atom. The number of carbonyl (C=O) groups is 2. The van der Waals surface area contributed by atoms with Crippen LogP contribution in [0.25, 0.3) is 6.08 Å². The molecule has 1 aliphatic rings. The van der Waals surface area contributed by atoms with Gasteiger partial charge in [-0.2, -0.15) is 0 Å². The van der Waals surface area contributed by atoms with Crippen LogP contribution in [0, 0.1) is 0 Å². The fourth-order valence-electron chi connectivity index (χ4n) is 3.23. The molecule has 9 nitrogen and oxygen atoms in total. The summed E-state index contributed by atoms with van der Waals surface area (Å²) in [5, 5.41) is 32.0. The Hall–Kier alpha value is -3.50. The van der Waals surface area contributed by atoms with Crippen LogP contribution in [-0.4, -0.2) is 52.2 Å². The zero-order valence-corrected chi connectivity index (χ0v) is 19.5. The number of carbonyl (C=O) groups excluding carboxylic acids is 1. The molecule has 0 atom stereocenters. The van der Waals surface area contributed by atoms with Gasteiger partial charge in [-0.05, 0) is 44.8 Å². The van der Waals surface area contributed by atoms with E-state index in [1.165, 1.54) is 6.08 Å². The number of carboxylic acid groups (broad SMARTS) is 1. The van der Waals surface area contributed by atoms with Crippen molar-refractivity contribution in [2.24, 2.45) is 0 Å². The fraction of sp³-hybridized carbons (Fsp3) is 0.333. The molecule has 1 amide bonds. The van der Waals surface area contributed by atoms with Crippen molar-refractivity contribution in [3.8, 4) is 11.5 Å². The fourth-order valence-corrected chi connectivity index (χ4v) is 3.23. The van der Waals surface area contributed by atoms with Gasteiger partial charge in [0.25, 0.3) is 0 Å². The molecule has 1 saturated heterocycles. The Labute approximate surface area is 198 Å². The van der Waals surface area contributed by atoms with Crippen molar-refractivity contribution in [2.45, 2.75) is 45.5 Å². The van der Waals surface area contributed by atoms with Gasteiger partial charge < -0.3 is 34.7 Å². The van der Waals surface area contributed by atoms with Gasteiger partial charge in [-0.1, -0.05) is 36.4 Å². The molecule has 1 aliphatic heterocycles. The molecule has 1 fully saturated rings. The average molecular weight is 469 g/mol. The van der Waals surface area contributed by atoms with Gasteiger partial charge >= 0.3 is 19.2 Å².